The van der Waals surface area contributed by atoms with Crippen molar-refractivity contribution in [1.82, 2.24) is 10.2 Å². The normalized spacial score (nSPS) is 15.6. The molecule has 0 aliphatic carbocycles. The summed E-state index contributed by atoms with van der Waals surface area (Å²) in [6.45, 7) is 8.48. The van der Waals surface area contributed by atoms with E-state index in [-0.39, 0.29) is 11.9 Å². The molecule has 1 fully saturated rings. The van der Waals surface area contributed by atoms with Crippen LogP contribution in [0.3, 0.4) is 0 Å². The van der Waals surface area contributed by atoms with Crippen molar-refractivity contribution in [2.45, 2.75) is 39.7 Å². The number of benzene rings is 2. The first-order valence-corrected chi connectivity index (χ1v) is 10.2. The van der Waals surface area contributed by atoms with Gasteiger partial charge in [-0.3, -0.25) is 4.79 Å². The second kappa shape index (κ2) is 9.08. The Bertz CT molecular complexity index is 906. The molecule has 1 heterocycles. The fourth-order valence-corrected chi connectivity index (χ4v) is 3.69. The molecule has 1 amide bonds. The van der Waals surface area contributed by atoms with Crippen molar-refractivity contribution in [2.24, 2.45) is 5.41 Å². The van der Waals surface area contributed by atoms with Gasteiger partial charge in [0.15, 0.2) is 0 Å². The van der Waals surface area contributed by atoms with Gasteiger partial charge in [-0.05, 0) is 56.0 Å². The Balaban J connectivity index is 1.54. The summed E-state index contributed by atoms with van der Waals surface area (Å²) in [5, 5.41) is 6.08. The minimum Gasteiger partial charge on any atom is -0.341 e. The van der Waals surface area contributed by atoms with E-state index in [1.165, 1.54) is 16.3 Å². The molecular weight excluding hydrogens is 344 g/mol. The first-order valence-electron chi connectivity index (χ1n) is 10.2. The fraction of sp³-hybridized carbons (Fsp3) is 0.400. The lowest BCUT2D eigenvalue weighted by atomic mass is 9.92. The van der Waals surface area contributed by atoms with Gasteiger partial charge in [-0.2, -0.15) is 0 Å². The third kappa shape index (κ3) is 4.82. The molecule has 1 saturated heterocycles. The lowest BCUT2D eigenvalue weighted by molar-refractivity contribution is -0.136. The van der Waals surface area contributed by atoms with Gasteiger partial charge in [-0.1, -0.05) is 60.4 Å². The molecule has 3 nitrogen and oxygen atoms in total. The van der Waals surface area contributed by atoms with Crippen molar-refractivity contribution in [1.29, 1.82) is 0 Å². The number of hydrogen-bond acceptors (Lipinski definition) is 2. The van der Waals surface area contributed by atoms with E-state index in [0.29, 0.717) is 0 Å². The number of amides is 1. The summed E-state index contributed by atoms with van der Waals surface area (Å²) in [6, 6.07) is 15.1. The minimum absolute atomic E-state index is 0.147. The summed E-state index contributed by atoms with van der Waals surface area (Å²) in [5.74, 6) is 6.33. The van der Waals surface area contributed by atoms with Crippen LogP contribution < -0.4 is 5.32 Å². The molecule has 1 N–H and O–H groups in total. The van der Waals surface area contributed by atoms with Gasteiger partial charge < -0.3 is 10.2 Å². The molecule has 3 heteroatoms. The molecule has 3 rings (SSSR count). The van der Waals surface area contributed by atoms with Crippen molar-refractivity contribution in [3.63, 3.8) is 0 Å². The van der Waals surface area contributed by atoms with E-state index < -0.39 is 5.41 Å². The van der Waals surface area contributed by atoms with Gasteiger partial charge in [0, 0.05) is 25.7 Å². The summed E-state index contributed by atoms with van der Waals surface area (Å²) < 4.78 is 0. The highest BCUT2D eigenvalue weighted by Gasteiger charge is 2.31. The van der Waals surface area contributed by atoms with E-state index in [1.807, 2.05) is 30.9 Å². The highest BCUT2D eigenvalue weighted by Crippen LogP contribution is 2.24. The molecule has 1 aliphatic rings. The largest absolute Gasteiger partial charge is 0.341 e. The van der Waals surface area contributed by atoms with Gasteiger partial charge in [0.2, 0.25) is 5.91 Å². The first-order chi connectivity index (χ1) is 13.5. The highest BCUT2D eigenvalue weighted by atomic mass is 16.2. The summed E-state index contributed by atoms with van der Waals surface area (Å²) in [4.78, 5) is 14.5. The van der Waals surface area contributed by atoms with E-state index >= 15 is 0 Å². The first kappa shape index (κ1) is 20.2. The van der Waals surface area contributed by atoms with Crippen LogP contribution in [0.5, 0.6) is 0 Å². The molecule has 1 atom stereocenters. The van der Waals surface area contributed by atoms with E-state index in [1.54, 1.807) is 0 Å². The lowest BCUT2D eigenvalue weighted by Crippen LogP contribution is -2.38. The average molecular weight is 375 g/mol. The van der Waals surface area contributed by atoms with Crippen LogP contribution in [0.15, 0.2) is 54.6 Å². The average Bonchev–Trinajstić information content (AvgIpc) is 3.24. The van der Waals surface area contributed by atoms with E-state index in [4.69, 9.17) is 0 Å². The number of fused-ring (bicyclic) bond motifs is 1. The molecule has 0 saturated carbocycles. The van der Waals surface area contributed by atoms with Gasteiger partial charge in [0.1, 0.15) is 5.41 Å². The smallest absolute Gasteiger partial charge is 0.240 e. The second-order valence-corrected chi connectivity index (χ2v) is 7.99. The molecule has 0 bridgehead atoms. The number of nitrogens with one attached hydrogen (secondary N) is 1. The number of likely N-dealkylation sites (tertiary alicyclic amines) is 1. The second-order valence-electron chi connectivity index (χ2n) is 7.99. The highest BCUT2D eigenvalue weighted by molar-refractivity contribution is 5.86. The predicted octanol–water partition coefficient (Wildman–Crippen LogP) is 4.70. The predicted molar refractivity (Wildman–Crippen MR) is 117 cm³/mol. The van der Waals surface area contributed by atoms with Gasteiger partial charge >= 0.3 is 0 Å². The van der Waals surface area contributed by atoms with Crippen LogP contribution in [0.4, 0.5) is 0 Å². The number of carbonyl (C=O) groups excluding carboxylic acids is 1. The lowest BCUT2D eigenvalue weighted by Gasteiger charge is -2.24. The monoisotopic (exact) mass is 374 g/mol. The maximum atomic E-state index is 12.5. The fourth-order valence-electron chi connectivity index (χ4n) is 3.69. The van der Waals surface area contributed by atoms with Gasteiger partial charge in [-0.15, -0.1) is 0 Å². The molecule has 0 aromatic heterocycles. The molecule has 2 aromatic carbocycles. The molecule has 0 radical (unpaired) electrons. The SMILES string of the molecule is C[C@@H](NCC=CC#CC(C)(C)C(=O)N1CCCC1)c1cccc2ccccc12. The van der Waals surface area contributed by atoms with Gasteiger partial charge in [0.25, 0.3) is 0 Å². The van der Waals surface area contributed by atoms with Crippen LogP contribution in [-0.4, -0.2) is 30.4 Å². The summed E-state index contributed by atoms with van der Waals surface area (Å²) >= 11 is 0. The zero-order valence-electron chi connectivity index (χ0n) is 17.2. The topological polar surface area (TPSA) is 32.3 Å². The van der Waals surface area contributed by atoms with Crippen LogP contribution in [0.1, 0.15) is 45.2 Å². The van der Waals surface area contributed by atoms with Crippen molar-refractivity contribution >= 4 is 16.7 Å². The van der Waals surface area contributed by atoms with E-state index in [0.717, 1.165) is 32.5 Å². The van der Waals surface area contributed by atoms with Crippen molar-refractivity contribution in [3.05, 3.63) is 60.2 Å². The maximum Gasteiger partial charge on any atom is 0.240 e. The number of allylic oxidation sites excluding steroid dienone is 1. The van der Waals surface area contributed by atoms with Crippen molar-refractivity contribution < 1.29 is 4.79 Å². The Labute approximate surface area is 168 Å². The van der Waals surface area contributed by atoms with Crippen molar-refractivity contribution in [2.75, 3.05) is 19.6 Å². The molecule has 2 aromatic rings. The van der Waals surface area contributed by atoms with E-state index in [2.05, 4.69) is 66.5 Å². The Hall–Kier alpha value is -2.57. The molecule has 0 unspecified atom stereocenters. The van der Waals surface area contributed by atoms with Crippen LogP contribution in [0, 0.1) is 17.3 Å². The molecule has 146 valence electrons. The number of rotatable bonds is 5. The zero-order chi connectivity index (χ0) is 20.0. The zero-order valence-corrected chi connectivity index (χ0v) is 17.2. The summed E-state index contributed by atoms with van der Waals surface area (Å²) in [7, 11) is 0. The standard InChI is InChI=1S/C25H30N2O/c1-20(22-15-11-13-21-12-5-6-14-23(21)22)26-17-8-4-7-16-25(2,3)24(28)27-18-9-10-19-27/h4-6,8,11-15,20,26H,9-10,17-19H2,1-3H3/t20-/m1/s1. The number of carbonyl (C=O) groups is 1. The third-order valence-electron chi connectivity index (χ3n) is 5.35. The molecular formula is C25H30N2O. The van der Waals surface area contributed by atoms with Gasteiger partial charge in [-0.25, -0.2) is 0 Å². The van der Waals surface area contributed by atoms with Crippen molar-refractivity contribution in [3.8, 4) is 11.8 Å². The Morgan fingerprint density at radius 1 is 1.18 bits per heavy atom. The quantitative estimate of drug-likeness (QED) is 0.770. The maximum absolute atomic E-state index is 12.5. The minimum atomic E-state index is -0.627. The van der Waals surface area contributed by atoms with Gasteiger partial charge in [0.05, 0.1) is 0 Å². The molecule has 0 spiro atoms. The van der Waals surface area contributed by atoms with Crippen LogP contribution in [0.25, 0.3) is 10.8 Å². The number of hydrogen-bond donors (Lipinski definition) is 1. The molecule has 1 aliphatic heterocycles. The Morgan fingerprint density at radius 2 is 1.89 bits per heavy atom. The van der Waals surface area contributed by atoms with Crippen LogP contribution >= 0.6 is 0 Å². The van der Waals surface area contributed by atoms with Crippen LogP contribution in [-0.2, 0) is 4.79 Å². The van der Waals surface area contributed by atoms with Crippen LogP contribution in [0.2, 0.25) is 0 Å². The Kier molecular flexibility index (Phi) is 6.54. The number of nitrogens with zero attached hydrogens (tertiary/aromatic N) is 1. The molecule has 28 heavy (non-hydrogen) atoms. The summed E-state index contributed by atoms with van der Waals surface area (Å²) in [5.41, 5.74) is 0.674. The summed E-state index contributed by atoms with van der Waals surface area (Å²) in [6.07, 6.45) is 6.08. The Morgan fingerprint density at radius 3 is 2.68 bits per heavy atom. The van der Waals surface area contributed by atoms with E-state index in [9.17, 15) is 4.79 Å². The third-order valence-corrected chi connectivity index (χ3v) is 5.35.